The zero-order chi connectivity index (χ0) is 10.9. The summed E-state index contributed by atoms with van der Waals surface area (Å²) in [6.07, 6.45) is 0. The summed E-state index contributed by atoms with van der Waals surface area (Å²) in [5, 5.41) is 19.1. The van der Waals surface area contributed by atoms with Gasteiger partial charge in [0.15, 0.2) is 0 Å². The molecule has 0 radical (unpaired) electrons. The van der Waals surface area contributed by atoms with Crippen molar-refractivity contribution in [3.8, 4) is 5.75 Å². The minimum atomic E-state index is -0.110. The van der Waals surface area contributed by atoms with Crippen LogP contribution in [-0.4, -0.2) is 10.2 Å². The zero-order valence-electron chi connectivity index (χ0n) is 9.26. The van der Waals surface area contributed by atoms with Crippen LogP contribution in [0.4, 0.5) is 0 Å². The highest BCUT2D eigenvalue weighted by molar-refractivity contribution is 5.47. The number of hydrogen-bond donors (Lipinski definition) is 2. The van der Waals surface area contributed by atoms with Crippen LogP contribution in [0.15, 0.2) is 12.1 Å². The number of hydrogen-bond acceptors (Lipinski definition) is 2. The molecule has 0 spiro atoms. The van der Waals surface area contributed by atoms with E-state index in [1.54, 1.807) is 0 Å². The highest BCUT2D eigenvalue weighted by Gasteiger charge is 2.20. The van der Waals surface area contributed by atoms with E-state index in [2.05, 4.69) is 0 Å². The van der Waals surface area contributed by atoms with Gasteiger partial charge >= 0.3 is 0 Å². The third-order valence-corrected chi connectivity index (χ3v) is 2.48. The molecule has 1 rings (SSSR count). The Balaban J connectivity index is 3.36. The van der Waals surface area contributed by atoms with E-state index >= 15 is 0 Å². The molecule has 1 aromatic carbocycles. The normalized spacial score (nSPS) is 11.8. The van der Waals surface area contributed by atoms with Crippen LogP contribution in [0.5, 0.6) is 5.75 Å². The van der Waals surface area contributed by atoms with E-state index in [0.29, 0.717) is 5.56 Å². The van der Waals surface area contributed by atoms with Gasteiger partial charge in [-0.15, -0.1) is 0 Å². The fourth-order valence-electron chi connectivity index (χ4n) is 1.54. The molecule has 0 amide bonds. The largest absolute Gasteiger partial charge is 0.507 e. The van der Waals surface area contributed by atoms with Crippen LogP contribution >= 0.6 is 0 Å². The first-order valence-corrected chi connectivity index (χ1v) is 4.80. The van der Waals surface area contributed by atoms with Crippen molar-refractivity contribution >= 4 is 0 Å². The Bertz CT molecular complexity index is 335. The minimum Gasteiger partial charge on any atom is -0.507 e. The average molecular weight is 194 g/mol. The van der Waals surface area contributed by atoms with E-state index < -0.39 is 0 Å². The molecule has 0 aliphatic rings. The van der Waals surface area contributed by atoms with Crippen molar-refractivity contribution in [3.05, 3.63) is 28.8 Å². The molecule has 0 aromatic heterocycles. The Labute approximate surface area is 85.2 Å². The molecule has 0 saturated carbocycles. The second-order valence-corrected chi connectivity index (χ2v) is 4.67. The second-order valence-electron chi connectivity index (χ2n) is 4.67. The number of aliphatic hydroxyl groups excluding tert-OH is 1. The summed E-state index contributed by atoms with van der Waals surface area (Å²) >= 11 is 0. The summed E-state index contributed by atoms with van der Waals surface area (Å²) in [6.45, 7) is 7.90. The van der Waals surface area contributed by atoms with Gasteiger partial charge in [0.05, 0.1) is 6.61 Å². The highest BCUT2D eigenvalue weighted by Crippen LogP contribution is 2.34. The van der Waals surface area contributed by atoms with Gasteiger partial charge < -0.3 is 10.2 Å². The van der Waals surface area contributed by atoms with Gasteiger partial charge in [0, 0.05) is 5.56 Å². The van der Waals surface area contributed by atoms with Gasteiger partial charge in [0.2, 0.25) is 0 Å². The molecular weight excluding hydrogens is 176 g/mol. The lowest BCUT2D eigenvalue weighted by Crippen LogP contribution is -2.12. The van der Waals surface area contributed by atoms with Crippen molar-refractivity contribution in [2.45, 2.75) is 39.7 Å². The van der Waals surface area contributed by atoms with Crippen LogP contribution in [0, 0.1) is 6.92 Å². The molecule has 0 heterocycles. The Morgan fingerprint density at radius 3 is 2.21 bits per heavy atom. The fourth-order valence-corrected chi connectivity index (χ4v) is 1.54. The van der Waals surface area contributed by atoms with Crippen LogP contribution in [-0.2, 0) is 12.0 Å². The van der Waals surface area contributed by atoms with E-state index in [1.165, 1.54) is 0 Å². The Hall–Kier alpha value is -1.02. The maximum Gasteiger partial charge on any atom is 0.125 e. The van der Waals surface area contributed by atoms with Crippen LogP contribution < -0.4 is 0 Å². The van der Waals surface area contributed by atoms with Gasteiger partial charge in [-0.3, -0.25) is 0 Å². The molecule has 0 aliphatic heterocycles. The molecule has 0 aliphatic carbocycles. The molecule has 0 unspecified atom stereocenters. The summed E-state index contributed by atoms with van der Waals surface area (Å²) in [7, 11) is 0. The van der Waals surface area contributed by atoms with Gasteiger partial charge in [-0.25, -0.2) is 0 Å². The molecule has 1 aromatic rings. The Morgan fingerprint density at radius 1 is 1.21 bits per heavy atom. The molecule has 2 heteroatoms. The van der Waals surface area contributed by atoms with E-state index in [1.807, 2.05) is 39.8 Å². The van der Waals surface area contributed by atoms with Gasteiger partial charge in [-0.05, 0) is 23.5 Å². The number of benzene rings is 1. The average Bonchev–Trinajstić information content (AvgIpc) is 2.02. The number of aryl methyl sites for hydroxylation is 1. The Morgan fingerprint density at radius 2 is 1.79 bits per heavy atom. The summed E-state index contributed by atoms with van der Waals surface area (Å²) in [5.74, 6) is 0.236. The number of rotatable bonds is 1. The number of aromatic hydroxyl groups is 1. The van der Waals surface area contributed by atoms with Crippen LogP contribution in [0.2, 0.25) is 0 Å². The van der Waals surface area contributed by atoms with Crippen molar-refractivity contribution in [3.63, 3.8) is 0 Å². The predicted octanol–water partition coefficient (Wildman–Crippen LogP) is 2.49. The fraction of sp³-hybridized carbons (Fsp3) is 0.500. The summed E-state index contributed by atoms with van der Waals surface area (Å²) < 4.78 is 0. The second kappa shape index (κ2) is 3.62. The molecule has 14 heavy (non-hydrogen) atoms. The summed E-state index contributed by atoms with van der Waals surface area (Å²) in [4.78, 5) is 0. The zero-order valence-corrected chi connectivity index (χ0v) is 9.26. The summed E-state index contributed by atoms with van der Waals surface area (Å²) in [5.41, 5.74) is 2.35. The lowest BCUT2D eigenvalue weighted by Gasteiger charge is -2.22. The summed E-state index contributed by atoms with van der Waals surface area (Å²) in [6, 6.07) is 3.86. The van der Waals surface area contributed by atoms with Crippen LogP contribution in [0.1, 0.15) is 37.5 Å². The van der Waals surface area contributed by atoms with Crippen molar-refractivity contribution in [2.24, 2.45) is 0 Å². The number of phenols is 1. The topological polar surface area (TPSA) is 40.5 Å². The van der Waals surface area contributed by atoms with Gasteiger partial charge in [0.25, 0.3) is 0 Å². The molecular formula is C12H18O2. The van der Waals surface area contributed by atoms with Crippen molar-refractivity contribution < 1.29 is 10.2 Å². The Kier molecular flexibility index (Phi) is 2.86. The highest BCUT2D eigenvalue weighted by atomic mass is 16.3. The molecule has 0 saturated heterocycles. The van der Waals surface area contributed by atoms with Gasteiger partial charge in [0.1, 0.15) is 5.75 Å². The first-order chi connectivity index (χ1) is 6.38. The van der Waals surface area contributed by atoms with E-state index in [0.717, 1.165) is 11.1 Å². The SMILES string of the molecule is Cc1ccc(C(C)(C)C)c(O)c1CO. The van der Waals surface area contributed by atoms with Crippen molar-refractivity contribution in [1.82, 2.24) is 0 Å². The van der Waals surface area contributed by atoms with E-state index in [9.17, 15) is 5.11 Å². The van der Waals surface area contributed by atoms with Crippen LogP contribution in [0.3, 0.4) is 0 Å². The van der Waals surface area contributed by atoms with Gasteiger partial charge in [-0.1, -0.05) is 32.9 Å². The molecule has 0 atom stereocenters. The minimum absolute atomic E-state index is 0.0955. The maximum absolute atomic E-state index is 9.95. The smallest absolute Gasteiger partial charge is 0.125 e. The monoisotopic (exact) mass is 194 g/mol. The van der Waals surface area contributed by atoms with Crippen molar-refractivity contribution in [2.75, 3.05) is 0 Å². The standard InChI is InChI=1S/C12H18O2/c1-8-5-6-10(12(2,3)4)11(14)9(8)7-13/h5-6,13-14H,7H2,1-4H3. The quantitative estimate of drug-likeness (QED) is 0.721. The lowest BCUT2D eigenvalue weighted by molar-refractivity contribution is 0.273. The maximum atomic E-state index is 9.95. The van der Waals surface area contributed by atoms with E-state index in [4.69, 9.17) is 5.11 Å². The molecule has 0 bridgehead atoms. The molecule has 0 fully saturated rings. The lowest BCUT2D eigenvalue weighted by atomic mass is 9.84. The first kappa shape index (κ1) is 11.1. The molecule has 78 valence electrons. The number of aliphatic hydroxyl groups is 1. The van der Waals surface area contributed by atoms with Crippen LogP contribution in [0.25, 0.3) is 0 Å². The third kappa shape index (κ3) is 1.90. The third-order valence-electron chi connectivity index (χ3n) is 2.48. The predicted molar refractivity (Wildman–Crippen MR) is 57.5 cm³/mol. The van der Waals surface area contributed by atoms with Crippen molar-refractivity contribution in [1.29, 1.82) is 0 Å². The van der Waals surface area contributed by atoms with E-state index in [-0.39, 0.29) is 17.8 Å². The first-order valence-electron chi connectivity index (χ1n) is 4.80. The molecule has 2 nitrogen and oxygen atoms in total. The van der Waals surface area contributed by atoms with Gasteiger partial charge in [-0.2, -0.15) is 0 Å². The molecule has 2 N–H and O–H groups in total.